The van der Waals surface area contributed by atoms with Crippen LogP contribution in [0, 0.1) is 58.7 Å². The van der Waals surface area contributed by atoms with E-state index in [4.69, 9.17) is 0 Å². The Balaban J connectivity index is 1.05. The number of allylic oxidation sites excluding steroid dienone is 2. The maximum absolute atomic E-state index is 15.0. The molecule has 0 aromatic heterocycles. The summed E-state index contributed by atoms with van der Waals surface area (Å²) in [7, 11) is 0. The van der Waals surface area contributed by atoms with Crippen LogP contribution in [0.4, 0.5) is 39.5 Å². The number of ether oxygens (including phenoxy) is 1. The minimum atomic E-state index is -3.64. The fourth-order valence-electron chi connectivity index (χ4n) is 7.93. The predicted molar refractivity (Wildman–Crippen MR) is 171 cm³/mol. The van der Waals surface area contributed by atoms with Gasteiger partial charge in [0, 0.05) is 29.0 Å². The topological polar surface area (TPSA) is 9.23 Å². The summed E-state index contributed by atoms with van der Waals surface area (Å²) >= 11 is 1.08. The van der Waals surface area contributed by atoms with E-state index < -0.39 is 64.1 Å². The molecule has 0 atom stereocenters. The van der Waals surface area contributed by atoms with Crippen LogP contribution < -0.4 is 4.74 Å². The van der Waals surface area contributed by atoms with Gasteiger partial charge in [0.2, 0.25) is 0 Å². The third kappa shape index (κ3) is 8.77. The van der Waals surface area contributed by atoms with Crippen molar-refractivity contribution in [2.24, 2.45) is 29.6 Å². The third-order valence-corrected chi connectivity index (χ3v) is 11.2. The summed E-state index contributed by atoms with van der Waals surface area (Å²) in [6, 6.07) is 2.63. The Labute approximate surface area is 280 Å². The first-order valence-corrected chi connectivity index (χ1v) is 18.2. The van der Waals surface area contributed by atoms with E-state index in [1.165, 1.54) is 0 Å². The van der Waals surface area contributed by atoms with E-state index in [9.17, 15) is 39.5 Å². The van der Waals surface area contributed by atoms with Crippen LogP contribution in [0.2, 0.25) is 0 Å². The largest absolute Gasteiger partial charge is 0.432 e. The van der Waals surface area contributed by atoms with E-state index in [0.717, 1.165) is 62.4 Å². The van der Waals surface area contributed by atoms with E-state index in [0.29, 0.717) is 55.6 Å². The zero-order valence-electron chi connectivity index (χ0n) is 26.8. The summed E-state index contributed by atoms with van der Waals surface area (Å²) in [5.41, 5.74) is -0.451. The van der Waals surface area contributed by atoms with Gasteiger partial charge in [-0.1, -0.05) is 12.2 Å². The standard InChI is InChI=1S/C37H41F9OS/c1-48-20-33(42)35(43)26-16-29(38)34(30(39)17-26)25-12-10-24(11-13-25)23-8-4-21(5-9-23)2-3-22-6-14-27(15-7-22)37(45,46)47-28-18-31(40)36(44)32(41)19-28/h2-3,16-19,21-25,27H,4-15,20H2,1H3/b3-2+,35-33+. The molecule has 0 N–H and O–H groups in total. The summed E-state index contributed by atoms with van der Waals surface area (Å²) in [6.45, 7) is 0. The average Bonchev–Trinajstić information content (AvgIpc) is 3.06. The van der Waals surface area contributed by atoms with Crippen LogP contribution >= 0.6 is 11.8 Å². The molecule has 0 amide bonds. The minimum absolute atomic E-state index is 0.0342. The molecule has 0 bridgehead atoms. The van der Waals surface area contributed by atoms with Gasteiger partial charge < -0.3 is 4.74 Å². The van der Waals surface area contributed by atoms with Crippen LogP contribution in [0.3, 0.4) is 0 Å². The molecule has 264 valence electrons. The monoisotopic (exact) mass is 704 g/mol. The number of alkyl halides is 2. The fourth-order valence-corrected chi connectivity index (χ4v) is 8.31. The lowest BCUT2D eigenvalue weighted by atomic mass is 9.68. The van der Waals surface area contributed by atoms with Gasteiger partial charge in [-0.3, -0.25) is 0 Å². The summed E-state index contributed by atoms with van der Waals surface area (Å²) in [4.78, 5) is 0. The highest BCUT2D eigenvalue weighted by molar-refractivity contribution is 7.98. The van der Waals surface area contributed by atoms with Crippen LogP contribution in [-0.4, -0.2) is 18.1 Å². The smallest absolute Gasteiger partial charge is 0.400 e. The molecular formula is C37H41F9OS. The molecule has 3 aliphatic carbocycles. The second kappa shape index (κ2) is 16.0. The Morgan fingerprint density at radius 3 is 1.69 bits per heavy atom. The first-order chi connectivity index (χ1) is 22.9. The van der Waals surface area contributed by atoms with Crippen LogP contribution in [0.1, 0.15) is 94.1 Å². The Hall–Kier alpha value is -2.56. The highest BCUT2D eigenvalue weighted by Crippen LogP contribution is 2.46. The van der Waals surface area contributed by atoms with Crippen molar-refractivity contribution in [3.63, 3.8) is 0 Å². The second-order valence-corrected chi connectivity index (χ2v) is 14.5. The quantitative estimate of drug-likeness (QED) is 0.138. The number of halogens is 9. The maximum atomic E-state index is 15.0. The number of benzene rings is 2. The van der Waals surface area contributed by atoms with Crippen LogP contribution in [0.25, 0.3) is 5.83 Å². The van der Waals surface area contributed by atoms with E-state index in [2.05, 4.69) is 16.9 Å². The molecule has 0 unspecified atom stereocenters. The van der Waals surface area contributed by atoms with Crippen molar-refractivity contribution in [3.8, 4) is 5.75 Å². The lowest BCUT2D eigenvalue weighted by Gasteiger charge is -2.37. The Kier molecular flexibility index (Phi) is 12.2. The minimum Gasteiger partial charge on any atom is -0.432 e. The van der Waals surface area contributed by atoms with Crippen molar-refractivity contribution in [2.45, 2.75) is 89.1 Å². The molecule has 0 saturated heterocycles. The van der Waals surface area contributed by atoms with Gasteiger partial charge >= 0.3 is 6.11 Å². The van der Waals surface area contributed by atoms with Crippen molar-refractivity contribution in [2.75, 3.05) is 12.0 Å². The molecule has 3 fully saturated rings. The molecule has 2 aromatic rings. The molecule has 0 heterocycles. The third-order valence-electron chi connectivity index (χ3n) is 10.6. The van der Waals surface area contributed by atoms with Crippen LogP contribution in [0.15, 0.2) is 42.2 Å². The Morgan fingerprint density at radius 1 is 0.708 bits per heavy atom. The highest BCUT2D eigenvalue weighted by Gasteiger charge is 2.44. The molecule has 0 radical (unpaired) electrons. The molecule has 5 rings (SSSR count). The SMILES string of the molecule is CSC/C(F)=C(\F)c1cc(F)c(C2CCC(C3CCC(/C=C/C4CCC(C(F)(F)Oc5cc(F)c(F)c(F)c5)CC4)CC3)CC2)c(F)c1. The average molecular weight is 705 g/mol. The van der Waals surface area contributed by atoms with Gasteiger partial charge in [-0.2, -0.15) is 20.5 Å². The zero-order chi connectivity index (χ0) is 34.6. The van der Waals surface area contributed by atoms with Gasteiger partial charge in [0.15, 0.2) is 23.3 Å². The lowest BCUT2D eigenvalue weighted by Crippen LogP contribution is -2.37. The molecule has 2 aromatic carbocycles. The van der Waals surface area contributed by atoms with E-state index in [1.807, 2.05) is 0 Å². The van der Waals surface area contributed by atoms with E-state index in [-0.39, 0.29) is 36.0 Å². The van der Waals surface area contributed by atoms with Gasteiger partial charge in [0.05, 0.1) is 5.92 Å². The lowest BCUT2D eigenvalue weighted by molar-refractivity contribution is -0.223. The molecule has 0 aliphatic heterocycles. The van der Waals surface area contributed by atoms with Crippen molar-refractivity contribution >= 4 is 17.6 Å². The summed E-state index contributed by atoms with van der Waals surface area (Å²) in [6.07, 6.45) is 10.9. The molecule has 48 heavy (non-hydrogen) atoms. The maximum Gasteiger partial charge on any atom is 0.400 e. The van der Waals surface area contributed by atoms with Crippen molar-refractivity contribution in [1.29, 1.82) is 0 Å². The van der Waals surface area contributed by atoms with Gasteiger partial charge in [-0.05, 0) is 125 Å². The Morgan fingerprint density at radius 2 is 1.19 bits per heavy atom. The normalized spacial score (nSPS) is 27.6. The van der Waals surface area contributed by atoms with E-state index in [1.54, 1.807) is 6.26 Å². The van der Waals surface area contributed by atoms with Crippen molar-refractivity contribution < 1.29 is 44.3 Å². The van der Waals surface area contributed by atoms with Gasteiger partial charge in [-0.15, -0.1) is 0 Å². The second-order valence-electron chi connectivity index (χ2n) is 13.7. The number of hydrogen-bond donors (Lipinski definition) is 0. The van der Waals surface area contributed by atoms with Gasteiger partial charge in [0.25, 0.3) is 0 Å². The zero-order valence-corrected chi connectivity index (χ0v) is 27.7. The number of rotatable bonds is 10. The summed E-state index contributed by atoms with van der Waals surface area (Å²) in [5.74, 6) is -9.65. The first kappa shape index (κ1) is 36.7. The van der Waals surface area contributed by atoms with Crippen LogP contribution in [0.5, 0.6) is 5.75 Å². The number of thioether (sulfide) groups is 1. The Bertz CT molecular complexity index is 1420. The molecule has 1 nitrogen and oxygen atoms in total. The van der Waals surface area contributed by atoms with Crippen molar-refractivity contribution in [3.05, 3.63) is 82.5 Å². The molecule has 11 heteroatoms. The molecule has 3 saturated carbocycles. The summed E-state index contributed by atoms with van der Waals surface area (Å²) < 4.78 is 132. The molecule has 0 spiro atoms. The highest BCUT2D eigenvalue weighted by atomic mass is 32.2. The fraction of sp³-hybridized carbons (Fsp3) is 0.568. The first-order valence-electron chi connectivity index (χ1n) is 16.8. The van der Waals surface area contributed by atoms with Crippen molar-refractivity contribution in [1.82, 2.24) is 0 Å². The number of hydrogen-bond acceptors (Lipinski definition) is 2. The molecule has 3 aliphatic rings. The summed E-state index contributed by atoms with van der Waals surface area (Å²) in [5, 5.41) is 0. The van der Waals surface area contributed by atoms with Gasteiger partial charge in [0.1, 0.15) is 23.2 Å². The predicted octanol–water partition coefficient (Wildman–Crippen LogP) is 12.5. The molecular weight excluding hydrogens is 663 g/mol. The van der Waals surface area contributed by atoms with Gasteiger partial charge in [-0.25, -0.2) is 30.7 Å². The van der Waals surface area contributed by atoms with Crippen LogP contribution in [-0.2, 0) is 0 Å². The van der Waals surface area contributed by atoms with E-state index >= 15 is 0 Å².